The number of anilines is 2. The molecule has 2 aromatic carbocycles. The quantitative estimate of drug-likeness (QED) is 0.594. The zero-order valence-electron chi connectivity index (χ0n) is 14.9. The highest BCUT2D eigenvalue weighted by atomic mass is 79.9. The lowest BCUT2D eigenvalue weighted by molar-refractivity contribution is 0.0954. The molecule has 1 aliphatic rings. The molecule has 0 spiro atoms. The van der Waals surface area contributed by atoms with Crippen LogP contribution in [0.5, 0.6) is 5.75 Å². The van der Waals surface area contributed by atoms with E-state index in [1.165, 1.54) is 22.6 Å². The fraction of sp³-hybridized carbons (Fsp3) is 0.190. The van der Waals surface area contributed by atoms with Gasteiger partial charge in [-0.15, -0.1) is 11.3 Å². The highest BCUT2D eigenvalue weighted by Gasteiger charge is 2.22. The maximum absolute atomic E-state index is 12.6. The second-order valence-electron chi connectivity index (χ2n) is 6.31. The predicted molar refractivity (Wildman–Crippen MR) is 113 cm³/mol. The van der Waals surface area contributed by atoms with Crippen molar-refractivity contribution in [3.05, 3.63) is 75.1 Å². The number of carbonyl (C=O) groups is 1. The Balaban J connectivity index is 1.46. The van der Waals surface area contributed by atoms with Gasteiger partial charge >= 0.3 is 0 Å². The van der Waals surface area contributed by atoms with Crippen LogP contribution >= 0.6 is 27.3 Å². The Hall–Kier alpha value is -2.31. The molecule has 0 aliphatic carbocycles. The SMILES string of the molecule is COc1ccc(Br)cc1CNC(=O)c1ccc(N2CCc3ccccc32)s1. The number of para-hydroxylation sites is 1. The van der Waals surface area contributed by atoms with Gasteiger partial charge in [0.2, 0.25) is 0 Å². The minimum absolute atomic E-state index is 0.0687. The van der Waals surface area contributed by atoms with Gasteiger partial charge in [-0.3, -0.25) is 4.79 Å². The molecule has 138 valence electrons. The van der Waals surface area contributed by atoms with E-state index in [1.54, 1.807) is 7.11 Å². The van der Waals surface area contributed by atoms with Crippen molar-refractivity contribution in [1.29, 1.82) is 0 Å². The number of hydrogen-bond donors (Lipinski definition) is 1. The number of nitrogens with zero attached hydrogens (tertiary/aromatic N) is 1. The monoisotopic (exact) mass is 442 g/mol. The fourth-order valence-electron chi connectivity index (χ4n) is 3.31. The van der Waals surface area contributed by atoms with E-state index >= 15 is 0 Å². The molecule has 0 saturated heterocycles. The summed E-state index contributed by atoms with van der Waals surface area (Å²) in [7, 11) is 1.63. The van der Waals surface area contributed by atoms with Gasteiger partial charge in [0.1, 0.15) is 5.75 Å². The van der Waals surface area contributed by atoms with Gasteiger partial charge in [0.25, 0.3) is 5.91 Å². The van der Waals surface area contributed by atoms with Crippen LogP contribution in [0.2, 0.25) is 0 Å². The van der Waals surface area contributed by atoms with E-state index in [4.69, 9.17) is 4.74 Å². The van der Waals surface area contributed by atoms with E-state index < -0.39 is 0 Å². The van der Waals surface area contributed by atoms with E-state index in [0.717, 1.165) is 33.8 Å². The first-order valence-corrected chi connectivity index (χ1v) is 10.3. The van der Waals surface area contributed by atoms with Crippen molar-refractivity contribution in [1.82, 2.24) is 5.32 Å². The number of halogens is 1. The van der Waals surface area contributed by atoms with Crippen molar-refractivity contribution in [2.75, 3.05) is 18.6 Å². The smallest absolute Gasteiger partial charge is 0.261 e. The lowest BCUT2D eigenvalue weighted by atomic mass is 10.2. The van der Waals surface area contributed by atoms with Crippen molar-refractivity contribution in [2.45, 2.75) is 13.0 Å². The Morgan fingerprint density at radius 2 is 2.07 bits per heavy atom. The first kappa shape index (κ1) is 18.1. The van der Waals surface area contributed by atoms with Crippen LogP contribution in [-0.2, 0) is 13.0 Å². The second kappa shape index (κ2) is 7.74. The molecule has 4 nitrogen and oxygen atoms in total. The topological polar surface area (TPSA) is 41.6 Å². The third-order valence-electron chi connectivity index (χ3n) is 4.65. The Labute approximate surface area is 170 Å². The number of benzene rings is 2. The number of fused-ring (bicyclic) bond motifs is 1. The number of hydrogen-bond acceptors (Lipinski definition) is 4. The number of rotatable bonds is 5. The van der Waals surface area contributed by atoms with Gasteiger partial charge in [0, 0.05) is 28.8 Å². The minimum atomic E-state index is -0.0687. The van der Waals surface area contributed by atoms with Crippen LogP contribution < -0.4 is 15.0 Å². The predicted octanol–water partition coefficient (Wildman–Crippen LogP) is 5.14. The molecule has 0 unspecified atom stereocenters. The fourth-order valence-corrected chi connectivity index (χ4v) is 4.68. The largest absolute Gasteiger partial charge is 0.496 e. The highest BCUT2D eigenvalue weighted by molar-refractivity contribution is 9.10. The third-order valence-corrected chi connectivity index (χ3v) is 6.25. The molecule has 6 heteroatoms. The third kappa shape index (κ3) is 3.73. The summed E-state index contributed by atoms with van der Waals surface area (Å²) in [5, 5.41) is 4.09. The molecule has 1 amide bonds. The second-order valence-corrected chi connectivity index (χ2v) is 8.28. The van der Waals surface area contributed by atoms with Crippen LogP contribution in [0.25, 0.3) is 0 Å². The molecule has 1 aliphatic heterocycles. The molecule has 0 fully saturated rings. The van der Waals surface area contributed by atoms with Crippen molar-refractivity contribution >= 4 is 43.9 Å². The summed E-state index contributed by atoms with van der Waals surface area (Å²) in [6.07, 6.45) is 1.04. The summed E-state index contributed by atoms with van der Waals surface area (Å²) < 4.78 is 6.32. The van der Waals surface area contributed by atoms with Gasteiger partial charge < -0.3 is 15.0 Å². The van der Waals surface area contributed by atoms with Crippen LogP contribution in [0.15, 0.2) is 59.1 Å². The lowest BCUT2D eigenvalue weighted by Gasteiger charge is -2.16. The lowest BCUT2D eigenvalue weighted by Crippen LogP contribution is -2.22. The van der Waals surface area contributed by atoms with Crippen LogP contribution in [-0.4, -0.2) is 19.6 Å². The van der Waals surface area contributed by atoms with E-state index in [-0.39, 0.29) is 5.91 Å². The van der Waals surface area contributed by atoms with Crippen molar-refractivity contribution in [2.24, 2.45) is 0 Å². The molecule has 0 bridgehead atoms. The molecule has 3 aromatic rings. The zero-order chi connectivity index (χ0) is 18.8. The Morgan fingerprint density at radius 3 is 2.93 bits per heavy atom. The molecule has 2 heterocycles. The van der Waals surface area contributed by atoms with E-state index in [2.05, 4.69) is 50.4 Å². The molecule has 0 radical (unpaired) electrons. The molecule has 1 N–H and O–H groups in total. The Morgan fingerprint density at radius 1 is 1.22 bits per heavy atom. The maximum Gasteiger partial charge on any atom is 0.261 e. The average molecular weight is 443 g/mol. The van der Waals surface area contributed by atoms with Crippen molar-refractivity contribution in [3.8, 4) is 5.75 Å². The summed E-state index contributed by atoms with van der Waals surface area (Å²) in [4.78, 5) is 15.6. The molecule has 4 rings (SSSR count). The van der Waals surface area contributed by atoms with E-state index in [1.807, 2.05) is 30.3 Å². The molecule has 0 atom stereocenters. The van der Waals surface area contributed by atoms with Crippen LogP contribution in [0.4, 0.5) is 10.7 Å². The van der Waals surface area contributed by atoms with Crippen molar-refractivity contribution in [3.63, 3.8) is 0 Å². The van der Waals surface area contributed by atoms with Gasteiger partial charge in [0.05, 0.1) is 17.0 Å². The number of ether oxygens (including phenoxy) is 1. The first-order chi connectivity index (χ1) is 13.2. The molecule has 0 saturated carbocycles. The molecule has 1 aromatic heterocycles. The van der Waals surface area contributed by atoms with Gasteiger partial charge in [-0.1, -0.05) is 34.1 Å². The summed E-state index contributed by atoms with van der Waals surface area (Å²) in [5.74, 6) is 0.694. The number of methoxy groups -OCH3 is 1. The van der Waals surface area contributed by atoms with Gasteiger partial charge in [-0.2, -0.15) is 0 Å². The minimum Gasteiger partial charge on any atom is -0.496 e. The zero-order valence-corrected chi connectivity index (χ0v) is 17.3. The molecular weight excluding hydrogens is 424 g/mol. The maximum atomic E-state index is 12.6. The Bertz CT molecular complexity index is 986. The average Bonchev–Trinajstić information content (AvgIpc) is 3.33. The van der Waals surface area contributed by atoms with Gasteiger partial charge in [-0.25, -0.2) is 0 Å². The number of carbonyl (C=O) groups excluding carboxylic acids is 1. The van der Waals surface area contributed by atoms with E-state index in [0.29, 0.717) is 11.4 Å². The highest BCUT2D eigenvalue weighted by Crippen LogP contribution is 2.38. The molecular formula is C21H19BrN2O2S. The number of amides is 1. The first-order valence-electron chi connectivity index (χ1n) is 8.71. The van der Waals surface area contributed by atoms with Gasteiger partial charge in [-0.05, 0) is 48.4 Å². The number of thiophene rings is 1. The Kier molecular flexibility index (Phi) is 5.18. The van der Waals surface area contributed by atoms with Crippen LogP contribution in [0.1, 0.15) is 20.8 Å². The van der Waals surface area contributed by atoms with Crippen molar-refractivity contribution < 1.29 is 9.53 Å². The van der Waals surface area contributed by atoms with E-state index in [9.17, 15) is 4.79 Å². The summed E-state index contributed by atoms with van der Waals surface area (Å²) in [5.41, 5.74) is 3.54. The summed E-state index contributed by atoms with van der Waals surface area (Å²) >= 11 is 4.98. The standard InChI is InChI=1S/C21H19BrN2O2S/c1-26-18-7-6-16(22)12-15(18)13-23-21(25)19-8-9-20(27-19)24-11-10-14-4-2-3-5-17(14)24/h2-9,12H,10-11,13H2,1H3,(H,23,25). The summed E-state index contributed by atoms with van der Waals surface area (Å²) in [6.45, 7) is 1.37. The van der Waals surface area contributed by atoms with Crippen LogP contribution in [0, 0.1) is 0 Å². The van der Waals surface area contributed by atoms with Crippen LogP contribution in [0.3, 0.4) is 0 Å². The van der Waals surface area contributed by atoms with Gasteiger partial charge in [0.15, 0.2) is 0 Å². The molecule has 27 heavy (non-hydrogen) atoms. The number of nitrogens with one attached hydrogen (secondary N) is 1. The summed E-state index contributed by atoms with van der Waals surface area (Å²) in [6, 6.07) is 18.1. The normalized spacial score (nSPS) is 12.7.